The predicted octanol–water partition coefficient (Wildman–Crippen LogP) is 2.54. The highest BCUT2D eigenvalue weighted by molar-refractivity contribution is 5.87. The average Bonchev–Trinajstić information content (AvgIpc) is 2.60. The van der Waals surface area contributed by atoms with Crippen molar-refractivity contribution in [1.29, 1.82) is 0 Å². The van der Waals surface area contributed by atoms with Crippen LogP contribution >= 0.6 is 0 Å². The Morgan fingerprint density at radius 2 is 1.91 bits per heavy atom. The summed E-state index contributed by atoms with van der Waals surface area (Å²) in [5, 5.41) is 3.01. The summed E-state index contributed by atoms with van der Waals surface area (Å²) in [4.78, 5) is 12.6. The standard InChI is InChI=1S/C19H22N2O2/c1-19(20,15-7-3-2-4-8-15)18(22)21-13-14-11-12-23-17-10-6-5-9-16(14)17/h2-10,14H,11-13,20H2,1H3,(H,21,22). The zero-order valence-corrected chi connectivity index (χ0v) is 13.3. The first-order valence-corrected chi connectivity index (χ1v) is 7.93. The molecule has 1 amide bonds. The third kappa shape index (κ3) is 3.22. The van der Waals surface area contributed by atoms with E-state index in [-0.39, 0.29) is 11.8 Å². The van der Waals surface area contributed by atoms with E-state index in [0.717, 1.165) is 23.3 Å². The topological polar surface area (TPSA) is 64.4 Å². The van der Waals surface area contributed by atoms with Gasteiger partial charge in [-0.05, 0) is 30.5 Å². The van der Waals surface area contributed by atoms with Crippen molar-refractivity contribution >= 4 is 5.91 Å². The van der Waals surface area contributed by atoms with Crippen LogP contribution in [0.1, 0.15) is 30.4 Å². The Morgan fingerprint density at radius 1 is 1.22 bits per heavy atom. The second kappa shape index (κ2) is 6.42. The van der Waals surface area contributed by atoms with Gasteiger partial charge in [-0.1, -0.05) is 48.5 Å². The summed E-state index contributed by atoms with van der Waals surface area (Å²) < 4.78 is 5.66. The molecule has 0 aromatic heterocycles. The van der Waals surface area contributed by atoms with Crippen LogP contribution < -0.4 is 15.8 Å². The lowest BCUT2D eigenvalue weighted by Crippen LogP contribution is -2.50. The highest BCUT2D eigenvalue weighted by Gasteiger charge is 2.31. The summed E-state index contributed by atoms with van der Waals surface area (Å²) in [7, 11) is 0. The molecule has 1 aliphatic heterocycles. The van der Waals surface area contributed by atoms with Crippen molar-refractivity contribution in [1.82, 2.24) is 5.32 Å². The fourth-order valence-corrected chi connectivity index (χ4v) is 2.94. The molecule has 4 nitrogen and oxygen atoms in total. The number of amides is 1. The van der Waals surface area contributed by atoms with Crippen LogP contribution in [-0.2, 0) is 10.3 Å². The van der Waals surface area contributed by atoms with Crippen molar-refractivity contribution in [2.75, 3.05) is 13.2 Å². The summed E-state index contributed by atoms with van der Waals surface area (Å²) in [5.41, 5.74) is 7.18. The molecular formula is C19H22N2O2. The number of nitrogens with two attached hydrogens (primary N) is 1. The van der Waals surface area contributed by atoms with E-state index < -0.39 is 5.54 Å². The largest absolute Gasteiger partial charge is 0.493 e. The summed E-state index contributed by atoms with van der Waals surface area (Å²) in [5.74, 6) is 1.01. The maximum atomic E-state index is 12.6. The van der Waals surface area contributed by atoms with Crippen LogP contribution in [0.3, 0.4) is 0 Å². The molecule has 3 rings (SSSR count). The Balaban J connectivity index is 1.68. The Hall–Kier alpha value is -2.33. The highest BCUT2D eigenvalue weighted by atomic mass is 16.5. The predicted molar refractivity (Wildman–Crippen MR) is 90.3 cm³/mol. The number of para-hydroxylation sites is 1. The third-order valence-electron chi connectivity index (χ3n) is 4.44. The van der Waals surface area contributed by atoms with Crippen molar-refractivity contribution in [2.24, 2.45) is 5.73 Å². The van der Waals surface area contributed by atoms with E-state index in [0.29, 0.717) is 13.2 Å². The molecule has 0 aliphatic carbocycles. The van der Waals surface area contributed by atoms with Gasteiger partial charge < -0.3 is 15.8 Å². The third-order valence-corrected chi connectivity index (χ3v) is 4.44. The zero-order valence-electron chi connectivity index (χ0n) is 13.3. The normalized spacial score (nSPS) is 19.1. The summed E-state index contributed by atoms with van der Waals surface area (Å²) in [6, 6.07) is 17.4. The number of ether oxygens (including phenoxy) is 1. The number of benzene rings is 2. The lowest BCUT2D eigenvalue weighted by Gasteiger charge is -2.28. The molecule has 0 radical (unpaired) electrons. The van der Waals surface area contributed by atoms with Gasteiger partial charge in [0.25, 0.3) is 0 Å². The van der Waals surface area contributed by atoms with Gasteiger partial charge in [0.05, 0.1) is 6.61 Å². The molecule has 2 aromatic carbocycles. The number of carbonyl (C=O) groups is 1. The quantitative estimate of drug-likeness (QED) is 0.912. The zero-order chi connectivity index (χ0) is 16.3. The van der Waals surface area contributed by atoms with Gasteiger partial charge in [0, 0.05) is 12.5 Å². The van der Waals surface area contributed by atoms with Gasteiger partial charge in [-0.2, -0.15) is 0 Å². The minimum Gasteiger partial charge on any atom is -0.493 e. The van der Waals surface area contributed by atoms with Gasteiger partial charge in [-0.15, -0.1) is 0 Å². The highest BCUT2D eigenvalue weighted by Crippen LogP contribution is 2.32. The Morgan fingerprint density at radius 3 is 2.70 bits per heavy atom. The fraction of sp³-hybridized carbons (Fsp3) is 0.316. The van der Waals surface area contributed by atoms with Crippen molar-refractivity contribution in [2.45, 2.75) is 24.8 Å². The molecule has 2 aromatic rings. The van der Waals surface area contributed by atoms with E-state index in [2.05, 4.69) is 11.4 Å². The van der Waals surface area contributed by atoms with Crippen molar-refractivity contribution in [3.05, 3.63) is 65.7 Å². The van der Waals surface area contributed by atoms with Crippen molar-refractivity contribution < 1.29 is 9.53 Å². The number of nitrogens with one attached hydrogen (secondary N) is 1. The molecule has 1 heterocycles. The van der Waals surface area contributed by atoms with Gasteiger partial charge >= 0.3 is 0 Å². The van der Waals surface area contributed by atoms with Crippen molar-refractivity contribution in [3.63, 3.8) is 0 Å². The van der Waals surface area contributed by atoms with Crippen LogP contribution in [0.25, 0.3) is 0 Å². The van der Waals surface area contributed by atoms with Crippen LogP contribution in [0.4, 0.5) is 0 Å². The van der Waals surface area contributed by atoms with Crippen LogP contribution in [-0.4, -0.2) is 19.1 Å². The molecule has 2 atom stereocenters. The van der Waals surface area contributed by atoms with Gasteiger partial charge in [0.1, 0.15) is 11.3 Å². The monoisotopic (exact) mass is 310 g/mol. The minimum atomic E-state index is -1.04. The fourth-order valence-electron chi connectivity index (χ4n) is 2.94. The molecule has 2 unspecified atom stereocenters. The molecule has 4 heteroatoms. The molecule has 0 fully saturated rings. The second-order valence-corrected chi connectivity index (χ2v) is 6.15. The molecule has 0 saturated carbocycles. The Bertz CT molecular complexity index is 683. The molecule has 0 spiro atoms. The van der Waals surface area contributed by atoms with Crippen molar-refractivity contribution in [3.8, 4) is 5.75 Å². The number of fused-ring (bicyclic) bond motifs is 1. The molecule has 1 aliphatic rings. The van der Waals surface area contributed by atoms with E-state index in [1.807, 2.05) is 48.5 Å². The van der Waals surface area contributed by atoms with Gasteiger partial charge in [0.15, 0.2) is 0 Å². The lowest BCUT2D eigenvalue weighted by molar-refractivity contribution is -0.126. The van der Waals surface area contributed by atoms with Crippen LogP contribution in [0.15, 0.2) is 54.6 Å². The minimum absolute atomic E-state index is 0.160. The SMILES string of the molecule is CC(N)(C(=O)NCC1CCOc2ccccc21)c1ccccc1. The first-order valence-electron chi connectivity index (χ1n) is 7.93. The maximum Gasteiger partial charge on any atom is 0.244 e. The Labute approximate surface area is 136 Å². The van der Waals surface area contributed by atoms with E-state index in [1.165, 1.54) is 0 Å². The average molecular weight is 310 g/mol. The smallest absolute Gasteiger partial charge is 0.244 e. The first-order chi connectivity index (χ1) is 11.1. The molecule has 120 valence electrons. The number of hydrogen-bond acceptors (Lipinski definition) is 3. The number of carbonyl (C=O) groups excluding carboxylic acids is 1. The maximum absolute atomic E-state index is 12.6. The molecule has 0 saturated heterocycles. The van der Waals surface area contributed by atoms with Crippen LogP contribution in [0.2, 0.25) is 0 Å². The summed E-state index contributed by atoms with van der Waals surface area (Å²) >= 11 is 0. The summed E-state index contributed by atoms with van der Waals surface area (Å²) in [6.45, 7) is 2.99. The van der Waals surface area contributed by atoms with E-state index in [1.54, 1.807) is 6.92 Å². The van der Waals surface area contributed by atoms with Crippen LogP contribution in [0, 0.1) is 0 Å². The van der Waals surface area contributed by atoms with E-state index in [4.69, 9.17) is 10.5 Å². The van der Waals surface area contributed by atoms with Gasteiger partial charge in [0.2, 0.25) is 5.91 Å². The van der Waals surface area contributed by atoms with Crippen LogP contribution in [0.5, 0.6) is 5.75 Å². The lowest BCUT2D eigenvalue weighted by atomic mass is 9.90. The number of hydrogen-bond donors (Lipinski definition) is 2. The molecule has 0 bridgehead atoms. The summed E-state index contributed by atoms with van der Waals surface area (Å²) in [6.07, 6.45) is 0.893. The van der Waals surface area contributed by atoms with E-state index >= 15 is 0 Å². The molecule has 23 heavy (non-hydrogen) atoms. The second-order valence-electron chi connectivity index (χ2n) is 6.15. The van der Waals surface area contributed by atoms with E-state index in [9.17, 15) is 4.79 Å². The molecule has 3 N–H and O–H groups in total. The first kappa shape index (κ1) is 15.6. The Kier molecular flexibility index (Phi) is 4.35. The van der Waals surface area contributed by atoms with Gasteiger partial charge in [-0.3, -0.25) is 4.79 Å². The molecular weight excluding hydrogens is 288 g/mol. The van der Waals surface area contributed by atoms with Gasteiger partial charge in [-0.25, -0.2) is 0 Å². The number of rotatable bonds is 4.